The number of likely N-dealkylation sites (N-methyl/N-ethyl adjacent to an activating group) is 1. The maximum absolute atomic E-state index is 11.4. The van der Waals surface area contributed by atoms with Gasteiger partial charge in [0.05, 0.1) is 12.1 Å². The third kappa shape index (κ3) is 12.9. The second-order valence-corrected chi connectivity index (χ2v) is 17.7. The minimum absolute atomic E-state index is 0.0671. The molecule has 328 valence electrons. The zero-order chi connectivity index (χ0) is 45.6. The van der Waals surface area contributed by atoms with Crippen LogP contribution in [0.5, 0.6) is 0 Å². The Kier molecular flexibility index (Phi) is 24.2. The molecule has 1 aromatic carbocycles. The van der Waals surface area contributed by atoms with Crippen LogP contribution < -0.4 is 5.32 Å². The number of rotatable bonds is 10. The van der Waals surface area contributed by atoms with E-state index in [4.69, 9.17) is 5.11 Å². The minimum Gasteiger partial charge on any atom is -0.480 e. The predicted octanol–water partition coefficient (Wildman–Crippen LogP) is 11.4. The largest absolute Gasteiger partial charge is 0.480 e. The summed E-state index contributed by atoms with van der Waals surface area (Å²) >= 11 is 0. The highest BCUT2D eigenvalue weighted by atomic mass is 16.4. The van der Waals surface area contributed by atoms with Gasteiger partial charge in [-0.3, -0.25) is 14.5 Å². The van der Waals surface area contributed by atoms with Gasteiger partial charge in [0.25, 0.3) is 0 Å². The van der Waals surface area contributed by atoms with Gasteiger partial charge in [-0.2, -0.15) is 0 Å². The van der Waals surface area contributed by atoms with Crippen molar-refractivity contribution in [2.75, 3.05) is 26.2 Å². The van der Waals surface area contributed by atoms with E-state index < -0.39 is 11.9 Å². The predicted molar refractivity (Wildman–Crippen MR) is 248 cm³/mol. The van der Waals surface area contributed by atoms with Crippen LogP contribution in [0, 0.1) is 89.8 Å². The number of carbonyl (C=O) groups excluding carboxylic acids is 1. The summed E-state index contributed by atoms with van der Waals surface area (Å²) in [6.45, 7) is 26.2. The number of carbonyl (C=O) groups is 3. The lowest BCUT2D eigenvalue weighted by molar-refractivity contribution is -0.176. The number of aromatic carboxylic acids is 1. The van der Waals surface area contributed by atoms with Gasteiger partial charge in [0.1, 0.15) is 0 Å². The fourth-order valence-corrected chi connectivity index (χ4v) is 12.4. The molecular weight excluding hydrogens is 733 g/mol. The fraction of sp³-hybridized carbons (Fsp3) is 0.635. The molecule has 59 heavy (non-hydrogen) atoms. The van der Waals surface area contributed by atoms with E-state index in [9.17, 15) is 19.5 Å². The maximum atomic E-state index is 11.4. The van der Waals surface area contributed by atoms with Crippen LogP contribution in [0.15, 0.2) is 43.0 Å². The SMILES string of the molecule is C#C.C#C.C#C.C=CC.CC.CC1(C)C(c2ccc(C(=O)O)cc2)=CC[C@@]2(C)C1CC[C@@]1(C)C3CC[C@@]4(C)CCCC4[C@H]3CCC12.CCN(CCCNC=O)CC(=O)O. The van der Waals surface area contributed by atoms with Gasteiger partial charge < -0.3 is 15.5 Å². The number of hydrogen-bond donors (Lipinski definition) is 3. The molecule has 1 amide bonds. The monoisotopic (exact) mass is 813 g/mol. The Balaban J connectivity index is 0.00000118. The van der Waals surface area contributed by atoms with Crippen molar-refractivity contribution in [2.45, 2.75) is 133 Å². The highest BCUT2D eigenvalue weighted by Crippen LogP contribution is 2.73. The zero-order valence-electron chi connectivity index (χ0n) is 38.3. The van der Waals surface area contributed by atoms with E-state index in [2.05, 4.69) is 91.1 Å². The van der Waals surface area contributed by atoms with Crippen molar-refractivity contribution >= 4 is 23.9 Å². The van der Waals surface area contributed by atoms with Crippen LogP contribution in [-0.2, 0) is 9.59 Å². The van der Waals surface area contributed by atoms with Crippen LogP contribution in [0.1, 0.15) is 149 Å². The number of benzene rings is 1. The molecule has 0 radical (unpaired) electrons. The first-order chi connectivity index (χ1) is 28.1. The Morgan fingerprint density at radius 3 is 1.97 bits per heavy atom. The molecule has 0 bridgehead atoms. The molecule has 4 saturated carbocycles. The number of fused-ring (bicyclic) bond motifs is 7. The molecule has 7 heteroatoms. The van der Waals surface area contributed by atoms with Crippen LogP contribution in [0.2, 0.25) is 0 Å². The first-order valence-corrected chi connectivity index (χ1v) is 21.9. The van der Waals surface area contributed by atoms with Gasteiger partial charge in [-0.25, -0.2) is 4.79 Å². The number of carboxylic acids is 2. The fourth-order valence-electron chi connectivity index (χ4n) is 12.4. The summed E-state index contributed by atoms with van der Waals surface area (Å²) in [4.78, 5) is 33.4. The summed E-state index contributed by atoms with van der Waals surface area (Å²) in [6.07, 6.45) is 44.0. The molecule has 4 fully saturated rings. The van der Waals surface area contributed by atoms with E-state index in [1.165, 1.54) is 75.3 Å². The van der Waals surface area contributed by atoms with Crippen molar-refractivity contribution in [1.29, 1.82) is 0 Å². The number of aliphatic carboxylic acids is 1. The van der Waals surface area contributed by atoms with Gasteiger partial charge in [-0.1, -0.05) is 86.1 Å². The molecule has 4 unspecified atom stereocenters. The van der Waals surface area contributed by atoms with Gasteiger partial charge >= 0.3 is 11.9 Å². The molecule has 6 rings (SSSR count). The van der Waals surface area contributed by atoms with Crippen LogP contribution in [0.4, 0.5) is 0 Å². The average molecular weight is 813 g/mol. The topological polar surface area (TPSA) is 107 Å². The number of allylic oxidation sites excluding steroid dienone is 3. The lowest BCUT2D eigenvalue weighted by atomic mass is 9.36. The van der Waals surface area contributed by atoms with Crippen molar-refractivity contribution in [3.05, 3.63) is 54.1 Å². The van der Waals surface area contributed by atoms with Crippen molar-refractivity contribution < 1.29 is 24.6 Å². The second-order valence-electron chi connectivity index (χ2n) is 17.7. The number of terminal acetylenes is 3. The van der Waals surface area contributed by atoms with Gasteiger partial charge in [0.15, 0.2) is 0 Å². The third-order valence-electron chi connectivity index (χ3n) is 14.7. The smallest absolute Gasteiger partial charge is 0.335 e. The summed E-state index contributed by atoms with van der Waals surface area (Å²) < 4.78 is 0. The van der Waals surface area contributed by atoms with E-state index >= 15 is 0 Å². The van der Waals surface area contributed by atoms with Crippen LogP contribution in [-0.4, -0.2) is 59.6 Å². The Bertz CT molecular complexity index is 1520. The number of carboxylic acid groups (broad SMARTS) is 2. The number of amides is 1. The summed E-state index contributed by atoms with van der Waals surface area (Å²) in [6, 6.07) is 7.64. The lowest BCUT2D eigenvalue weighted by Crippen LogP contribution is -2.60. The normalized spacial score (nSPS) is 29.9. The van der Waals surface area contributed by atoms with E-state index in [1.807, 2.05) is 44.7 Å². The Labute approximate surface area is 360 Å². The van der Waals surface area contributed by atoms with Gasteiger partial charge in [0.2, 0.25) is 6.41 Å². The molecule has 0 spiro atoms. The molecule has 7 nitrogen and oxygen atoms in total. The summed E-state index contributed by atoms with van der Waals surface area (Å²) in [5.41, 5.74) is 4.65. The molecule has 5 aliphatic rings. The summed E-state index contributed by atoms with van der Waals surface area (Å²) in [5.74, 6) is 2.76. The molecule has 0 heterocycles. The Morgan fingerprint density at radius 1 is 0.847 bits per heavy atom. The van der Waals surface area contributed by atoms with E-state index in [0.29, 0.717) is 53.8 Å². The van der Waals surface area contributed by atoms with Crippen molar-refractivity contribution in [1.82, 2.24) is 10.2 Å². The van der Waals surface area contributed by atoms with E-state index in [0.717, 1.165) is 30.1 Å². The molecule has 8 atom stereocenters. The zero-order valence-corrected chi connectivity index (χ0v) is 38.3. The third-order valence-corrected chi connectivity index (χ3v) is 14.7. The van der Waals surface area contributed by atoms with E-state index in [-0.39, 0.29) is 12.0 Å². The number of nitrogens with one attached hydrogen (secondary N) is 1. The average Bonchev–Trinajstić information content (AvgIpc) is 3.64. The number of nitrogens with zero attached hydrogens (tertiary/aromatic N) is 1. The minimum atomic E-state index is -0.844. The van der Waals surface area contributed by atoms with Gasteiger partial charge in [-0.05, 0) is 152 Å². The molecule has 1 aromatic rings. The van der Waals surface area contributed by atoms with Crippen LogP contribution in [0.25, 0.3) is 5.57 Å². The van der Waals surface area contributed by atoms with Crippen LogP contribution in [0.3, 0.4) is 0 Å². The van der Waals surface area contributed by atoms with Crippen molar-refractivity contribution in [3.63, 3.8) is 0 Å². The lowest BCUT2D eigenvalue weighted by Gasteiger charge is -2.68. The molecule has 0 aromatic heterocycles. The first-order valence-electron chi connectivity index (χ1n) is 21.9. The molecule has 5 aliphatic carbocycles. The standard InChI is InChI=1S/C33H46O2.C8H16N2O3.C3H6.C2H6.3C2H2/c1-30(2)24(21-8-10-22(11-9-21)29(34)35)15-19-33(5)27(30)16-20-32(4)26-14-18-31(3)17-6-7-25(31)23(26)12-13-28(32)33;1-2-10(6-8(12)13)5-3-4-9-7-11;1-3-2;4*1-2/h8-11,15,23,25-28H,6-7,12-14,16-20H2,1-5H3,(H,34,35);7H,2-6H2,1H3,(H,9,11)(H,12,13);3H,1H2,2H3;1-2H3;3*1-2H/t23-,25?,26?,27?,28?,31-,32+,33+;;;;;;/m1....../s1. The first kappa shape index (κ1) is 54.8. The molecule has 3 N–H and O–H groups in total. The van der Waals surface area contributed by atoms with Gasteiger partial charge in [-0.15, -0.1) is 45.1 Å². The van der Waals surface area contributed by atoms with E-state index in [1.54, 1.807) is 18.2 Å². The molecule has 0 aliphatic heterocycles. The highest BCUT2D eigenvalue weighted by Gasteiger charge is 2.64. The molecular formula is C52H80N2O5. The van der Waals surface area contributed by atoms with Gasteiger partial charge in [0, 0.05) is 13.1 Å². The molecule has 0 saturated heterocycles. The van der Waals surface area contributed by atoms with Crippen molar-refractivity contribution in [2.24, 2.45) is 51.2 Å². The Morgan fingerprint density at radius 2 is 1.44 bits per heavy atom. The summed E-state index contributed by atoms with van der Waals surface area (Å²) in [5, 5.41) is 20.4. The van der Waals surface area contributed by atoms with Crippen LogP contribution >= 0.6 is 0 Å². The number of hydrogen-bond acceptors (Lipinski definition) is 4. The second kappa shape index (κ2) is 26.1. The van der Waals surface area contributed by atoms with Crippen molar-refractivity contribution in [3.8, 4) is 38.5 Å². The quantitative estimate of drug-likeness (QED) is 0.0940. The summed E-state index contributed by atoms with van der Waals surface area (Å²) in [7, 11) is 0. The maximum Gasteiger partial charge on any atom is 0.335 e. The highest BCUT2D eigenvalue weighted by molar-refractivity contribution is 5.88. The Hall–Kier alpha value is -4.25.